The number of nitrogens with zero attached hydrogens (tertiary/aromatic N) is 6. The van der Waals surface area contributed by atoms with Gasteiger partial charge < -0.3 is 58.1 Å². The van der Waals surface area contributed by atoms with Crippen LogP contribution in [0.1, 0.15) is 295 Å². The molecule has 44 heteroatoms. The van der Waals surface area contributed by atoms with E-state index in [1.165, 1.54) is 43.5 Å². The lowest BCUT2D eigenvalue weighted by Crippen LogP contribution is -2.54. The number of urea groups is 5. The van der Waals surface area contributed by atoms with Crippen molar-refractivity contribution in [2.75, 3.05) is 26.2 Å². The molecule has 14 N–H and O–H groups in total. The molecule has 1 saturated carbocycles. The number of rotatable bonds is 28. The van der Waals surface area contributed by atoms with Crippen LogP contribution in [0.15, 0.2) is 103 Å². The Morgan fingerprint density at radius 2 is 0.610 bits per heavy atom. The molecule has 0 bridgehead atoms. The molecule has 0 aromatic heterocycles. The zero-order valence-corrected chi connectivity index (χ0v) is 78.7. The second-order valence-corrected chi connectivity index (χ2v) is 35.0. The number of imide groups is 9. The summed E-state index contributed by atoms with van der Waals surface area (Å²) in [6.45, 7) is 17.9. The Morgan fingerprint density at radius 1 is 0.326 bits per heavy atom. The van der Waals surface area contributed by atoms with Gasteiger partial charge in [-0.25, -0.2) is 24.0 Å². The average Bonchev–Trinajstić information content (AvgIpc) is 1.62. The molecule has 5 unspecified atom stereocenters. The standard InChI is InChI=1S/C23H30N4O5.C20H24N4O4.C18H18N4O5.2C18H20N4O5/c1-2-3-4-5-6-7-13-24-23(32)25-14-15-9-8-10-16-19(15)22(31)27(21(16)30)17-11-12-18(28)26-20(17)29;1-4-23(5-2)20(28)21-11-13-7-6-8-14-16(13)19(27)24(18(14)26)15-10-9-12(3)22-17(15)25;23-13-7-6-12(15(24)21-13)22-16(25)11-3-1-2-9(14(11)17(22)26)8-19-18(27)20-10-4-5-10;1-9(2)20-18(27)19-8-10-4-3-5-11-14(10)17(26)22(16(11)25)12-6-7-13(23)21-15(12)24;1-2-8-19-18(27)20-9-10-4-3-5-11-14(10)17(26)22(16(11)25)12-6-7-13(23)21-15(12)24/h8-10,17H,2-7,11-14H2,1H3,(H2,24,25,32)(H,26,28,29);6-8,15H,3-5,9-11H2,1-2H3,(H,21,28)(H,22,25);1-3,10,12H,4-8H2,(H2,19,20,27)(H,21,23,24);3-5,9,12H,6-8H2,1-2H3,(H2,19,20,27)(H,21,23,24);3-5,12H,2,6-9H2,1H3,(H2,19,20,27)(H,21,23,24). The average molecular weight is 1940 g/mol. The van der Waals surface area contributed by atoms with Crippen molar-refractivity contribution in [3.63, 3.8) is 0 Å². The lowest BCUT2D eigenvalue weighted by atomic mass is 10.0. The van der Waals surface area contributed by atoms with Gasteiger partial charge >= 0.3 is 30.2 Å². The number of piperidine rings is 5. The highest BCUT2D eigenvalue weighted by Gasteiger charge is 2.52. The lowest BCUT2D eigenvalue weighted by Gasteiger charge is -2.29. The van der Waals surface area contributed by atoms with E-state index < -0.39 is 142 Å². The van der Waals surface area contributed by atoms with E-state index in [0.29, 0.717) is 72.5 Å². The van der Waals surface area contributed by atoms with E-state index >= 15 is 0 Å². The van der Waals surface area contributed by atoms with Crippen molar-refractivity contribution in [3.05, 3.63) is 187 Å². The molecule has 10 heterocycles. The monoisotopic (exact) mass is 1940 g/mol. The summed E-state index contributed by atoms with van der Waals surface area (Å²) in [6.07, 6.45) is 11.0. The third-order valence-electron chi connectivity index (χ3n) is 24.8. The molecule has 1 aliphatic carbocycles. The summed E-state index contributed by atoms with van der Waals surface area (Å²) in [5.74, 6) is -10.3. The van der Waals surface area contributed by atoms with Gasteiger partial charge in [0, 0.05) is 102 Å². The summed E-state index contributed by atoms with van der Waals surface area (Å²) in [4.78, 5) is 301. The Hall–Kier alpha value is -16.1. The minimum atomic E-state index is -1.01. The van der Waals surface area contributed by atoms with Gasteiger partial charge in [-0.1, -0.05) is 113 Å². The van der Waals surface area contributed by atoms with Crippen LogP contribution in [0.4, 0.5) is 24.0 Å². The van der Waals surface area contributed by atoms with Crippen LogP contribution in [0.5, 0.6) is 0 Å². The van der Waals surface area contributed by atoms with E-state index in [1.807, 2.05) is 34.6 Å². The number of hydrogen-bond acceptors (Lipinski definition) is 24. The molecule has 5 atom stereocenters. The molecule has 29 amide bonds. The second kappa shape index (κ2) is 46.8. The highest BCUT2D eigenvalue weighted by atomic mass is 16.2. The summed E-state index contributed by atoms with van der Waals surface area (Å²) >= 11 is 0. The van der Waals surface area contributed by atoms with E-state index in [0.717, 1.165) is 63.0 Å². The van der Waals surface area contributed by atoms with Crippen molar-refractivity contribution in [1.29, 1.82) is 0 Å². The fourth-order valence-corrected chi connectivity index (χ4v) is 17.5. The molecule has 5 aromatic rings. The Morgan fingerprint density at radius 3 is 0.901 bits per heavy atom. The van der Waals surface area contributed by atoms with Crippen molar-refractivity contribution in [2.45, 2.75) is 239 Å². The number of hydrogen-bond donors (Lipinski definition) is 14. The van der Waals surface area contributed by atoms with Crippen molar-refractivity contribution in [2.24, 2.45) is 0 Å². The SMILES string of the molecule is C=C1CCC(N2C(=O)c3cccc(CNC(=O)N(CC)CC)c3C2=O)C(=O)N1.CC(C)NC(=O)NCc1cccc2c1C(=O)N(C1CCC(=O)NC1=O)C2=O.CCCCCCCCNC(=O)NCc1cccc2c1C(=O)N(C1CCC(=O)NC1=O)C2=O.CCCNC(=O)NCc1cccc2c1C(=O)N(C1CCC(=O)NC1=O)C2=O.O=C1CCC(N2C(=O)c3cccc(CNC(=O)NC4CC4)c3C2=O)C(=O)N1. The highest BCUT2D eigenvalue weighted by Crippen LogP contribution is 2.37. The molecule has 744 valence electrons. The normalized spacial score (nSPS) is 19.3. The number of benzene rings is 5. The topological polar surface area (TPSA) is 598 Å². The number of allylic oxidation sites excluding steroid dienone is 1. The highest BCUT2D eigenvalue weighted by molar-refractivity contribution is 6.28. The van der Waals surface area contributed by atoms with Crippen molar-refractivity contribution in [3.8, 4) is 0 Å². The summed E-state index contributed by atoms with van der Waals surface area (Å²) in [6, 6.07) is 17.8. The minimum absolute atomic E-state index is 0.0438. The first-order valence-corrected chi connectivity index (χ1v) is 47.0. The van der Waals surface area contributed by atoms with Crippen LogP contribution in [0, 0.1) is 0 Å². The molecular formula is C97H112N20O24. The quantitative estimate of drug-likeness (QED) is 0.0242. The Kier molecular flexibility index (Phi) is 34.5. The number of nitrogens with one attached hydrogen (secondary N) is 14. The van der Waals surface area contributed by atoms with Gasteiger partial charge in [-0.3, -0.25) is 137 Å². The van der Waals surface area contributed by atoms with Gasteiger partial charge in [-0.05, 0) is 150 Å². The van der Waals surface area contributed by atoms with E-state index in [-0.39, 0.29) is 182 Å². The molecule has 0 radical (unpaired) electrons. The van der Waals surface area contributed by atoms with Gasteiger partial charge in [0.15, 0.2) is 0 Å². The van der Waals surface area contributed by atoms with Crippen molar-refractivity contribution < 1.29 is 115 Å². The molecule has 10 aliphatic heterocycles. The van der Waals surface area contributed by atoms with Crippen LogP contribution in [0.25, 0.3) is 0 Å². The first kappa shape index (κ1) is 104. The first-order valence-electron chi connectivity index (χ1n) is 47.0. The smallest absolute Gasteiger partial charge is 0.317 e. The first-order chi connectivity index (χ1) is 67.5. The fraction of sp³-hybridized carbons (Fsp3) is 0.423. The fourth-order valence-electron chi connectivity index (χ4n) is 17.5. The summed E-state index contributed by atoms with van der Waals surface area (Å²) < 4.78 is 0. The number of fused-ring (bicyclic) bond motifs is 5. The molecule has 11 aliphatic rings. The molecular weight excluding hydrogens is 1830 g/mol. The predicted octanol–water partition coefficient (Wildman–Crippen LogP) is 4.52. The number of carbonyl (C=O) groups is 24. The molecule has 0 spiro atoms. The zero-order valence-electron chi connectivity index (χ0n) is 78.7. The summed E-state index contributed by atoms with van der Waals surface area (Å²) in [7, 11) is 0. The Labute approximate surface area is 809 Å². The van der Waals surface area contributed by atoms with Crippen molar-refractivity contribution >= 4 is 142 Å². The molecule has 44 nitrogen and oxygen atoms in total. The maximum atomic E-state index is 13.0. The molecule has 6 fully saturated rings. The van der Waals surface area contributed by atoms with E-state index in [9.17, 15) is 115 Å². The third-order valence-corrected chi connectivity index (χ3v) is 24.8. The maximum Gasteiger partial charge on any atom is 0.317 e. The van der Waals surface area contributed by atoms with Gasteiger partial charge in [-0.2, -0.15) is 0 Å². The van der Waals surface area contributed by atoms with Crippen LogP contribution in [-0.4, -0.2) is 240 Å². The van der Waals surface area contributed by atoms with Gasteiger partial charge in [0.25, 0.3) is 59.1 Å². The van der Waals surface area contributed by atoms with Crippen LogP contribution in [0.3, 0.4) is 0 Å². The number of amides is 29. The van der Waals surface area contributed by atoms with E-state index in [1.54, 1.807) is 71.6 Å². The van der Waals surface area contributed by atoms with Crippen LogP contribution in [0.2, 0.25) is 0 Å². The summed E-state index contributed by atoms with van der Waals surface area (Å²) in [5.41, 5.74) is 5.17. The van der Waals surface area contributed by atoms with E-state index in [2.05, 4.69) is 87.9 Å². The van der Waals surface area contributed by atoms with Crippen LogP contribution < -0.4 is 74.4 Å². The van der Waals surface area contributed by atoms with Crippen LogP contribution >= 0.6 is 0 Å². The lowest BCUT2D eigenvalue weighted by molar-refractivity contribution is -0.137. The number of carbonyl (C=O) groups excluding carboxylic acids is 24. The Balaban J connectivity index is 0.000000158. The van der Waals surface area contributed by atoms with Gasteiger partial charge in [0.05, 0.1) is 55.6 Å². The van der Waals surface area contributed by atoms with Gasteiger partial charge in [0.1, 0.15) is 30.2 Å². The van der Waals surface area contributed by atoms with Gasteiger partial charge in [-0.15, -0.1) is 0 Å². The maximum absolute atomic E-state index is 13.0. The van der Waals surface area contributed by atoms with Crippen molar-refractivity contribution in [1.82, 2.24) is 104 Å². The molecule has 5 aromatic carbocycles. The minimum Gasteiger partial charge on any atom is -0.338 e. The zero-order chi connectivity index (χ0) is 102. The number of unbranched alkanes of at least 4 members (excludes halogenated alkanes) is 5. The molecule has 5 saturated heterocycles. The molecule has 141 heavy (non-hydrogen) atoms. The van der Waals surface area contributed by atoms with E-state index in [4.69, 9.17) is 0 Å². The summed E-state index contributed by atoms with van der Waals surface area (Å²) in [5, 5.41) is 35.7. The Bertz CT molecular complexity index is 5850. The largest absolute Gasteiger partial charge is 0.338 e. The second-order valence-electron chi connectivity index (χ2n) is 35.0. The third kappa shape index (κ3) is 24.2. The molecule has 16 rings (SSSR count). The predicted molar refractivity (Wildman–Crippen MR) is 498 cm³/mol. The van der Waals surface area contributed by atoms with Gasteiger partial charge in [0.2, 0.25) is 53.2 Å². The van der Waals surface area contributed by atoms with Crippen LogP contribution in [-0.2, 0) is 75.9 Å².